The zero-order chi connectivity index (χ0) is 18.1. The summed E-state index contributed by atoms with van der Waals surface area (Å²) in [7, 11) is 0. The summed E-state index contributed by atoms with van der Waals surface area (Å²) in [4.78, 5) is 0. The lowest BCUT2D eigenvalue weighted by Gasteiger charge is -2.28. The van der Waals surface area contributed by atoms with Gasteiger partial charge in [-0.2, -0.15) is 0 Å². The average molecular weight is 320 g/mol. The zero-order valence-electron chi connectivity index (χ0n) is 16.7. The SMILES string of the molecule is CC(C)(C)NCCCc1cc(C(C)(C)C)c(O)c(C(C)(C)C)c1. The van der Waals surface area contributed by atoms with Crippen LogP contribution < -0.4 is 5.32 Å². The van der Waals surface area contributed by atoms with E-state index in [4.69, 9.17) is 0 Å². The van der Waals surface area contributed by atoms with Crippen molar-refractivity contribution in [3.63, 3.8) is 0 Å². The van der Waals surface area contributed by atoms with Gasteiger partial charge in [-0.1, -0.05) is 53.7 Å². The maximum Gasteiger partial charge on any atom is 0.123 e. The van der Waals surface area contributed by atoms with E-state index in [2.05, 4.69) is 79.8 Å². The van der Waals surface area contributed by atoms with Crippen LogP contribution in [0, 0.1) is 0 Å². The van der Waals surface area contributed by atoms with Crippen molar-refractivity contribution in [1.82, 2.24) is 5.32 Å². The van der Waals surface area contributed by atoms with E-state index in [1.54, 1.807) is 0 Å². The predicted octanol–water partition coefficient (Wildman–Crippen LogP) is 5.31. The van der Waals surface area contributed by atoms with Gasteiger partial charge in [-0.05, 0) is 67.7 Å². The number of aromatic hydroxyl groups is 1. The quantitative estimate of drug-likeness (QED) is 0.737. The van der Waals surface area contributed by atoms with Crippen LogP contribution in [0.1, 0.15) is 85.4 Å². The van der Waals surface area contributed by atoms with Crippen molar-refractivity contribution >= 4 is 0 Å². The lowest BCUT2D eigenvalue weighted by Crippen LogP contribution is -2.36. The monoisotopic (exact) mass is 319 g/mol. The summed E-state index contributed by atoms with van der Waals surface area (Å²) < 4.78 is 0. The molecule has 2 N–H and O–H groups in total. The first-order valence-corrected chi connectivity index (χ1v) is 8.84. The average Bonchev–Trinajstić information content (AvgIpc) is 2.32. The molecule has 0 radical (unpaired) electrons. The number of hydrogen-bond donors (Lipinski definition) is 2. The molecule has 1 aromatic carbocycles. The van der Waals surface area contributed by atoms with Crippen LogP contribution in [0.2, 0.25) is 0 Å². The Kier molecular flexibility index (Phi) is 5.96. The van der Waals surface area contributed by atoms with E-state index in [0.717, 1.165) is 30.5 Å². The molecule has 0 unspecified atom stereocenters. The predicted molar refractivity (Wildman–Crippen MR) is 102 cm³/mol. The van der Waals surface area contributed by atoms with Crippen molar-refractivity contribution in [1.29, 1.82) is 0 Å². The molecule has 1 aromatic rings. The fraction of sp³-hybridized carbons (Fsp3) is 0.714. The van der Waals surface area contributed by atoms with Crippen LogP contribution in [-0.4, -0.2) is 17.2 Å². The van der Waals surface area contributed by atoms with Crippen LogP contribution in [0.4, 0.5) is 0 Å². The van der Waals surface area contributed by atoms with Crippen molar-refractivity contribution in [3.8, 4) is 5.75 Å². The number of benzene rings is 1. The highest BCUT2D eigenvalue weighted by molar-refractivity contribution is 5.49. The number of rotatable bonds is 4. The number of phenols is 1. The smallest absolute Gasteiger partial charge is 0.123 e. The molecule has 0 saturated carbocycles. The normalized spacial score (nSPS) is 13.4. The second-order valence-corrected chi connectivity index (χ2v) is 9.82. The number of nitrogens with one attached hydrogen (secondary N) is 1. The molecule has 0 bridgehead atoms. The van der Waals surface area contributed by atoms with Gasteiger partial charge < -0.3 is 10.4 Å². The van der Waals surface area contributed by atoms with Gasteiger partial charge in [-0.3, -0.25) is 0 Å². The highest BCUT2D eigenvalue weighted by atomic mass is 16.3. The highest BCUT2D eigenvalue weighted by Crippen LogP contribution is 2.39. The Bertz CT molecular complexity index is 489. The van der Waals surface area contributed by atoms with Gasteiger partial charge in [0.15, 0.2) is 0 Å². The molecule has 2 nitrogen and oxygen atoms in total. The van der Waals surface area contributed by atoms with E-state index < -0.39 is 0 Å². The van der Waals surface area contributed by atoms with Crippen molar-refractivity contribution in [3.05, 3.63) is 28.8 Å². The molecule has 0 atom stereocenters. The fourth-order valence-electron chi connectivity index (χ4n) is 2.74. The molecular formula is C21H37NO. The first-order chi connectivity index (χ1) is 10.2. The van der Waals surface area contributed by atoms with Crippen LogP contribution in [0.5, 0.6) is 5.75 Å². The van der Waals surface area contributed by atoms with Crippen molar-refractivity contribution in [2.75, 3.05) is 6.54 Å². The molecule has 0 spiro atoms. The first-order valence-electron chi connectivity index (χ1n) is 8.84. The van der Waals surface area contributed by atoms with Gasteiger partial charge in [0, 0.05) is 5.54 Å². The Balaban J connectivity index is 3.05. The molecule has 0 aromatic heterocycles. The molecule has 0 aliphatic rings. The molecule has 2 heteroatoms. The maximum atomic E-state index is 10.8. The molecule has 0 saturated heterocycles. The van der Waals surface area contributed by atoms with E-state index in [9.17, 15) is 5.11 Å². The fourth-order valence-corrected chi connectivity index (χ4v) is 2.74. The summed E-state index contributed by atoms with van der Waals surface area (Å²) in [6, 6.07) is 4.39. The third kappa shape index (κ3) is 6.18. The van der Waals surface area contributed by atoms with Gasteiger partial charge in [-0.25, -0.2) is 0 Å². The Morgan fingerprint density at radius 2 is 1.26 bits per heavy atom. The van der Waals surface area contributed by atoms with Gasteiger partial charge in [0.05, 0.1) is 0 Å². The zero-order valence-corrected chi connectivity index (χ0v) is 16.7. The maximum absolute atomic E-state index is 10.8. The van der Waals surface area contributed by atoms with Crippen molar-refractivity contribution < 1.29 is 5.11 Å². The minimum absolute atomic E-state index is 0.0518. The van der Waals surface area contributed by atoms with Gasteiger partial charge in [-0.15, -0.1) is 0 Å². The lowest BCUT2D eigenvalue weighted by molar-refractivity contribution is 0.419. The molecular weight excluding hydrogens is 282 g/mol. The summed E-state index contributed by atoms with van der Waals surface area (Å²) in [6.45, 7) is 20.6. The Labute approximate surface area is 143 Å². The number of phenolic OH excluding ortho intramolecular Hbond substituents is 1. The van der Waals surface area contributed by atoms with E-state index in [1.165, 1.54) is 5.56 Å². The Morgan fingerprint density at radius 3 is 1.61 bits per heavy atom. The van der Waals surface area contributed by atoms with Gasteiger partial charge in [0.1, 0.15) is 5.75 Å². The largest absolute Gasteiger partial charge is 0.507 e. The summed E-state index contributed by atoms with van der Waals surface area (Å²) in [6.07, 6.45) is 2.14. The van der Waals surface area contributed by atoms with Crippen LogP contribution in [-0.2, 0) is 17.3 Å². The van der Waals surface area contributed by atoms with Crippen molar-refractivity contribution in [2.45, 2.75) is 91.5 Å². The molecule has 132 valence electrons. The minimum atomic E-state index is -0.0518. The van der Waals surface area contributed by atoms with Crippen LogP contribution in [0.3, 0.4) is 0 Å². The van der Waals surface area contributed by atoms with Crippen LogP contribution in [0.25, 0.3) is 0 Å². The van der Waals surface area contributed by atoms with Crippen LogP contribution in [0.15, 0.2) is 12.1 Å². The first kappa shape index (κ1) is 20.0. The van der Waals surface area contributed by atoms with Gasteiger partial charge >= 0.3 is 0 Å². The Morgan fingerprint density at radius 1 is 0.826 bits per heavy atom. The van der Waals surface area contributed by atoms with Gasteiger partial charge in [0.2, 0.25) is 0 Å². The molecule has 0 fully saturated rings. The molecule has 0 amide bonds. The third-order valence-corrected chi connectivity index (χ3v) is 4.08. The highest BCUT2D eigenvalue weighted by Gasteiger charge is 2.26. The van der Waals surface area contributed by atoms with E-state index in [-0.39, 0.29) is 16.4 Å². The second kappa shape index (κ2) is 6.84. The molecule has 0 heterocycles. The minimum Gasteiger partial charge on any atom is -0.507 e. The van der Waals surface area contributed by atoms with E-state index >= 15 is 0 Å². The van der Waals surface area contributed by atoms with Crippen molar-refractivity contribution in [2.24, 2.45) is 0 Å². The standard InChI is InChI=1S/C21H37NO/c1-19(2,3)16-13-15(11-10-12-22-21(7,8)9)14-17(18(16)23)20(4,5)6/h13-14,22-23H,10-12H2,1-9H3. The third-order valence-electron chi connectivity index (χ3n) is 4.08. The molecule has 0 aliphatic heterocycles. The summed E-state index contributed by atoms with van der Waals surface area (Å²) in [5.74, 6) is 0.474. The molecule has 23 heavy (non-hydrogen) atoms. The van der Waals surface area contributed by atoms with E-state index in [0.29, 0.717) is 5.75 Å². The number of aryl methyl sites for hydroxylation is 1. The lowest BCUT2D eigenvalue weighted by atomic mass is 9.78. The topological polar surface area (TPSA) is 32.3 Å². The molecule has 0 aliphatic carbocycles. The number of hydrogen-bond acceptors (Lipinski definition) is 2. The van der Waals surface area contributed by atoms with Gasteiger partial charge in [0.25, 0.3) is 0 Å². The van der Waals surface area contributed by atoms with Crippen LogP contribution >= 0.6 is 0 Å². The summed E-state index contributed by atoms with van der Waals surface area (Å²) >= 11 is 0. The summed E-state index contributed by atoms with van der Waals surface area (Å²) in [5.41, 5.74) is 3.51. The molecule has 1 rings (SSSR count). The van der Waals surface area contributed by atoms with E-state index in [1.807, 2.05) is 0 Å². The summed E-state index contributed by atoms with van der Waals surface area (Å²) in [5, 5.41) is 14.3. The second-order valence-electron chi connectivity index (χ2n) is 9.82. The Hall–Kier alpha value is -1.02.